The van der Waals surface area contributed by atoms with Crippen molar-refractivity contribution in [3.05, 3.63) is 0 Å². The standard InChI is InChI=1S/C7H13ClO2/c1-2-10-7(9)5-3-4-6-8/h2-6H2,1H3. The summed E-state index contributed by atoms with van der Waals surface area (Å²) in [6, 6.07) is 0. The number of alkyl halides is 1. The molecule has 0 unspecified atom stereocenters. The summed E-state index contributed by atoms with van der Waals surface area (Å²) in [6.07, 6.45) is 2.23. The molecule has 2 nitrogen and oxygen atoms in total. The molecule has 0 aliphatic carbocycles. The number of esters is 1. The van der Waals surface area contributed by atoms with Crippen LogP contribution in [0, 0.1) is 0 Å². The van der Waals surface area contributed by atoms with Gasteiger partial charge in [-0.2, -0.15) is 0 Å². The van der Waals surface area contributed by atoms with Crippen molar-refractivity contribution in [2.75, 3.05) is 12.5 Å². The van der Waals surface area contributed by atoms with Crippen molar-refractivity contribution in [3.8, 4) is 0 Å². The first-order valence-corrected chi connectivity index (χ1v) is 4.06. The lowest BCUT2D eigenvalue weighted by Gasteiger charge is -1.98. The first kappa shape index (κ1) is 9.76. The molecule has 0 bridgehead atoms. The van der Waals surface area contributed by atoms with Crippen molar-refractivity contribution in [1.29, 1.82) is 0 Å². The molecule has 0 fully saturated rings. The Labute approximate surface area is 66.5 Å². The van der Waals surface area contributed by atoms with Gasteiger partial charge >= 0.3 is 5.97 Å². The molecule has 0 rings (SSSR count). The van der Waals surface area contributed by atoms with E-state index in [9.17, 15) is 4.79 Å². The Hall–Kier alpha value is -0.240. The molecule has 0 radical (unpaired) electrons. The monoisotopic (exact) mass is 164 g/mol. The minimum absolute atomic E-state index is 0.118. The van der Waals surface area contributed by atoms with E-state index in [-0.39, 0.29) is 5.97 Å². The molecule has 0 aromatic carbocycles. The Morgan fingerprint density at radius 3 is 2.70 bits per heavy atom. The molecule has 0 aliphatic rings. The zero-order chi connectivity index (χ0) is 7.82. The van der Waals surface area contributed by atoms with Crippen LogP contribution in [0.1, 0.15) is 26.2 Å². The fraction of sp³-hybridized carbons (Fsp3) is 0.857. The summed E-state index contributed by atoms with van der Waals surface area (Å²) >= 11 is 5.41. The summed E-state index contributed by atoms with van der Waals surface area (Å²) < 4.78 is 4.71. The van der Waals surface area contributed by atoms with E-state index < -0.39 is 0 Å². The number of carbonyl (C=O) groups is 1. The van der Waals surface area contributed by atoms with Gasteiger partial charge in [0.25, 0.3) is 0 Å². The van der Waals surface area contributed by atoms with Gasteiger partial charge in [0, 0.05) is 12.3 Å². The number of carbonyl (C=O) groups excluding carboxylic acids is 1. The van der Waals surface area contributed by atoms with Gasteiger partial charge in [0.05, 0.1) is 6.61 Å². The van der Waals surface area contributed by atoms with Crippen molar-refractivity contribution < 1.29 is 9.53 Å². The third-order valence-electron chi connectivity index (χ3n) is 1.07. The van der Waals surface area contributed by atoms with Crippen LogP contribution in [-0.2, 0) is 9.53 Å². The van der Waals surface area contributed by atoms with Gasteiger partial charge in [-0.1, -0.05) is 0 Å². The molecule has 0 atom stereocenters. The van der Waals surface area contributed by atoms with Crippen LogP contribution in [0.4, 0.5) is 0 Å². The highest BCUT2D eigenvalue weighted by atomic mass is 35.5. The molecule has 0 spiro atoms. The second-order valence-electron chi connectivity index (χ2n) is 1.95. The van der Waals surface area contributed by atoms with E-state index in [0.717, 1.165) is 12.8 Å². The molecular formula is C7H13ClO2. The average molecular weight is 165 g/mol. The van der Waals surface area contributed by atoms with E-state index in [1.807, 2.05) is 0 Å². The molecule has 0 saturated carbocycles. The fourth-order valence-electron chi connectivity index (χ4n) is 0.597. The molecule has 0 saturated heterocycles. The van der Waals surface area contributed by atoms with E-state index in [1.165, 1.54) is 0 Å². The van der Waals surface area contributed by atoms with Crippen LogP contribution in [0.25, 0.3) is 0 Å². The highest BCUT2D eigenvalue weighted by molar-refractivity contribution is 6.17. The van der Waals surface area contributed by atoms with Crippen LogP contribution in [0.3, 0.4) is 0 Å². The van der Waals surface area contributed by atoms with E-state index in [4.69, 9.17) is 16.3 Å². The van der Waals surface area contributed by atoms with Crippen LogP contribution in [0.2, 0.25) is 0 Å². The van der Waals surface area contributed by atoms with Gasteiger partial charge in [0.15, 0.2) is 0 Å². The quantitative estimate of drug-likeness (QED) is 0.353. The normalized spacial score (nSPS) is 9.40. The van der Waals surface area contributed by atoms with E-state index >= 15 is 0 Å². The van der Waals surface area contributed by atoms with Gasteiger partial charge in [0.1, 0.15) is 0 Å². The summed E-state index contributed by atoms with van der Waals surface area (Å²) in [4.78, 5) is 10.7. The zero-order valence-corrected chi connectivity index (χ0v) is 6.99. The molecule has 0 amide bonds. The summed E-state index contributed by atoms with van der Waals surface area (Å²) in [7, 11) is 0. The van der Waals surface area contributed by atoms with Crippen LogP contribution in [-0.4, -0.2) is 18.5 Å². The predicted octanol–water partition coefficient (Wildman–Crippen LogP) is 1.96. The van der Waals surface area contributed by atoms with E-state index in [2.05, 4.69) is 0 Å². The van der Waals surface area contributed by atoms with Crippen molar-refractivity contribution in [3.63, 3.8) is 0 Å². The Morgan fingerprint density at radius 1 is 1.50 bits per heavy atom. The number of hydrogen-bond donors (Lipinski definition) is 0. The molecule has 0 N–H and O–H groups in total. The second-order valence-corrected chi connectivity index (χ2v) is 2.33. The zero-order valence-electron chi connectivity index (χ0n) is 6.23. The summed E-state index contributed by atoms with van der Waals surface area (Å²) in [5.41, 5.74) is 0. The third kappa shape index (κ3) is 5.89. The molecule has 60 valence electrons. The third-order valence-corrected chi connectivity index (χ3v) is 1.34. The van der Waals surface area contributed by atoms with E-state index in [1.54, 1.807) is 6.92 Å². The maximum absolute atomic E-state index is 10.7. The second kappa shape index (κ2) is 6.87. The SMILES string of the molecule is CCOC(=O)CCCCCl. The Balaban J connectivity index is 3.05. The van der Waals surface area contributed by atoms with Gasteiger partial charge in [0.2, 0.25) is 0 Å². The first-order chi connectivity index (χ1) is 4.81. The van der Waals surface area contributed by atoms with Gasteiger partial charge in [-0.25, -0.2) is 0 Å². The van der Waals surface area contributed by atoms with Gasteiger partial charge in [-0.3, -0.25) is 4.79 Å². The van der Waals surface area contributed by atoms with Gasteiger partial charge in [-0.05, 0) is 19.8 Å². The van der Waals surface area contributed by atoms with Crippen molar-refractivity contribution >= 4 is 17.6 Å². The van der Waals surface area contributed by atoms with Gasteiger partial charge in [-0.15, -0.1) is 11.6 Å². The molecule has 0 aromatic heterocycles. The number of rotatable bonds is 5. The number of ether oxygens (including phenoxy) is 1. The first-order valence-electron chi connectivity index (χ1n) is 3.52. The number of hydrogen-bond acceptors (Lipinski definition) is 2. The topological polar surface area (TPSA) is 26.3 Å². The Kier molecular flexibility index (Phi) is 6.71. The Bertz CT molecular complexity index is 93.6. The largest absolute Gasteiger partial charge is 0.466 e. The minimum Gasteiger partial charge on any atom is -0.466 e. The highest BCUT2D eigenvalue weighted by Crippen LogP contribution is 1.98. The fourth-order valence-corrected chi connectivity index (χ4v) is 0.786. The molecule has 3 heteroatoms. The molecule has 0 aromatic rings. The van der Waals surface area contributed by atoms with Crippen LogP contribution in [0.5, 0.6) is 0 Å². The van der Waals surface area contributed by atoms with E-state index in [0.29, 0.717) is 18.9 Å². The smallest absolute Gasteiger partial charge is 0.305 e. The summed E-state index contributed by atoms with van der Waals surface area (Å²) in [5, 5.41) is 0. The van der Waals surface area contributed by atoms with Gasteiger partial charge < -0.3 is 4.74 Å². The van der Waals surface area contributed by atoms with Crippen LogP contribution in [0.15, 0.2) is 0 Å². The lowest BCUT2D eigenvalue weighted by Crippen LogP contribution is -2.03. The number of unbranched alkanes of at least 4 members (excludes halogenated alkanes) is 1. The van der Waals surface area contributed by atoms with Crippen molar-refractivity contribution in [1.82, 2.24) is 0 Å². The van der Waals surface area contributed by atoms with Crippen molar-refractivity contribution in [2.45, 2.75) is 26.2 Å². The average Bonchev–Trinajstić information content (AvgIpc) is 1.89. The lowest BCUT2D eigenvalue weighted by atomic mass is 10.2. The molecule has 0 aliphatic heterocycles. The predicted molar refractivity (Wildman–Crippen MR) is 41.2 cm³/mol. The summed E-state index contributed by atoms with van der Waals surface area (Å²) in [5.74, 6) is 0.506. The van der Waals surface area contributed by atoms with Crippen molar-refractivity contribution in [2.24, 2.45) is 0 Å². The number of halogens is 1. The maximum atomic E-state index is 10.7. The van der Waals surface area contributed by atoms with Crippen LogP contribution >= 0.6 is 11.6 Å². The molecule has 0 heterocycles. The molecule has 10 heavy (non-hydrogen) atoms. The highest BCUT2D eigenvalue weighted by Gasteiger charge is 1.98. The summed E-state index contributed by atoms with van der Waals surface area (Å²) in [6.45, 7) is 2.28. The maximum Gasteiger partial charge on any atom is 0.305 e. The Morgan fingerprint density at radius 2 is 2.20 bits per heavy atom. The lowest BCUT2D eigenvalue weighted by molar-refractivity contribution is -0.143. The minimum atomic E-state index is -0.118. The van der Waals surface area contributed by atoms with Crippen LogP contribution < -0.4 is 0 Å². The molecular weight excluding hydrogens is 152 g/mol.